The molecular weight excluding hydrogens is 364 g/mol. The Morgan fingerprint density at radius 1 is 1.14 bits per heavy atom. The third kappa shape index (κ3) is 6.66. The number of carboxylic acids is 1. The van der Waals surface area contributed by atoms with Gasteiger partial charge in [0.25, 0.3) is 0 Å². The van der Waals surface area contributed by atoms with Crippen molar-refractivity contribution in [3.63, 3.8) is 0 Å². The number of hydrogen-bond acceptors (Lipinski definition) is 5. The standard InChI is InChI=1S/C19H26N4O5/c1-12(17(26)21-11-16(24)25)22-19(28)15(10-13-6-3-2-4-7-13)23-18(27)14-8-5-9-20-14/h2-4,6-7,12,14-15,20H,5,8-11H2,1H3,(H,21,26)(H,22,28)(H,23,27)(H,24,25). The quantitative estimate of drug-likeness (QED) is 0.373. The molecule has 1 saturated heterocycles. The fraction of sp³-hybridized carbons (Fsp3) is 0.474. The molecule has 1 aromatic carbocycles. The van der Waals surface area contributed by atoms with Crippen molar-refractivity contribution in [1.82, 2.24) is 21.3 Å². The van der Waals surface area contributed by atoms with Gasteiger partial charge in [0.15, 0.2) is 0 Å². The summed E-state index contributed by atoms with van der Waals surface area (Å²) in [6, 6.07) is 7.11. The maximum Gasteiger partial charge on any atom is 0.322 e. The van der Waals surface area contributed by atoms with E-state index in [1.807, 2.05) is 30.3 Å². The molecule has 0 saturated carbocycles. The first kappa shape index (κ1) is 21.4. The fourth-order valence-electron chi connectivity index (χ4n) is 2.94. The maximum atomic E-state index is 12.7. The SMILES string of the molecule is CC(NC(=O)C(Cc1ccccc1)NC(=O)C1CCCN1)C(=O)NCC(=O)O. The smallest absolute Gasteiger partial charge is 0.322 e. The molecular formula is C19H26N4O5. The molecule has 152 valence electrons. The van der Waals surface area contributed by atoms with Crippen LogP contribution < -0.4 is 21.3 Å². The minimum atomic E-state index is -1.18. The molecule has 2 rings (SSSR count). The highest BCUT2D eigenvalue weighted by Crippen LogP contribution is 2.08. The Balaban J connectivity index is 2.01. The van der Waals surface area contributed by atoms with Crippen molar-refractivity contribution in [3.8, 4) is 0 Å². The van der Waals surface area contributed by atoms with Gasteiger partial charge in [-0.05, 0) is 31.9 Å². The number of carbonyl (C=O) groups is 4. The first-order valence-corrected chi connectivity index (χ1v) is 9.24. The van der Waals surface area contributed by atoms with Gasteiger partial charge >= 0.3 is 5.97 Å². The van der Waals surface area contributed by atoms with E-state index in [2.05, 4.69) is 21.3 Å². The van der Waals surface area contributed by atoms with Crippen molar-refractivity contribution >= 4 is 23.7 Å². The molecule has 3 atom stereocenters. The van der Waals surface area contributed by atoms with Crippen molar-refractivity contribution in [1.29, 1.82) is 0 Å². The van der Waals surface area contributed by atoms with Crippen LogP contribution in [0.25, 0.3) is 0 Å². The summed E-state index contributed by atoms with van der Waals surface area (Å²) in [7, 11) is 0. The Morgan fingerprint density at radius 2 is 1.86 bits per heavy atom. The van der Waals surface area contributed by atoms with Gasteiger partial charge in [-0.3, -0.25) is 19.2 Å². The number of carbonyl (C=O) groups excluding carboxylic acids is 3. The Bertz CT molecular complexity index is 704. The van der Waals surface area contributed by atoms with Crippen LogP contribution in [0.3, 0.4) is 0 Å². The minimum absolute atomic E-state index is 0.253. The molecule has 28 heavy (non-hydrogen) atoms. The monoisotopic (exact) mass is 390 g/mol. The molecule has 0 radical (unpaired) electrons. The second-order valence-corrected chi connectivity index (χ2v) is 6.74. The predicted molar refractivity (Wildman–Crippen MR) is 101 cm³/mol. The van der Waals surface area contributed by atoms with E-state index in [-0.39, 0.29) is 18.4 Å². The van der Waals surface area contributed by atoms with Gasteiger partial charge in [0.1, 0.15) is 18.6 Å². The normalized spacial score (nSPS) is 18.0. The molecule has 9 heteroatoms. The molecule has 1 heterocycles. The van der Waals surface area contributed by atoms with Crippen molar-refractivity contribution in [2.24, 2.45) is 0 Å². The molecule has 1 aliphatic heterocycles. The van der Waals surface area contributed by atoms with E-state index < -0.39 is 36.4 Å². The summed E-state index contributed by atoms with van der Waals surface area (Å²) in [6.45, 7) is 1.68. The van der Waals surface area contributed by atoms with Crippen LogP contribution in [0.15, 0.2) is 30.3 Å². The number of amides is 3. The third-order valence-corrected chi connectivity index (χ3v) is 4.46. The first-order chi connectivity index (χ1) is 13.4. The van der Waals surface area contributed by atoms with Crippen molar-refractivity contribution < 1.29 is 24.3 Å². The Hall–Kier alpha value is -2.94. The molecule has 3 amide bonds. The van der Waals surface area contributed by atoms with Gasteiger partial charge in [-0.1, -0.05) is 30.3 Å². The van der Waals surface area contributed by atoms with E-state index in [1.165, 1.54) is 6.92 Å². The van der Waals surface area contributed by atoms with Gasteiger partial charge in [-0.15, -0.1) is 0 Å². The molecule has 3 unspecified atom stereocenters. The maximum absolute atomic E-state index is 12.7. The van der Waals surface area contributed by atoms with E-state index in [1.54, 1.807) is 0 Å². The van der Waals surface area contributed by atoms with Crippen molar-refractivity contribution in [3.05, 3.63) is 35.9 Å². The highest BCUT2D eigenvalue weighted by atomic mass is 16.4. The lowest BCUT2D eigenvalue weighted by Gasteiger charge is -2.22. The van der Waals surface area contributed by atoms with Crippen LogP contribution in [-0.2, 0) is 25.6 Å². The summed E-state index contributed by atoms with van der Waals surface area (Å²) in [5.41, 5.74) is 0.866. The van der Waals surface area contributed by atoms with Gasteiger partial charge in [0.05, 0.1) is 6.04 Å². The van der Waals surface area contributed by atoms with E-state index in [9.17, 15) is 19.2 Å². The molecule has 1 aliphatic rings. The number of rotatable bonds is 9. The third-order valence-electron chi connectivity index (χ3n) is 4.46. The van der Waals surface area contributed by atoms with Gasteiger partial charge in [0.2, 0.25) is 17.7 Å². The summed E-state index contributed by atoms with van der Waals surface area (Å²) in [5, 5.41) is 19.2. The number of hydrogen-bond donors (Lipinski definition) is 5. The van der Waals surface area contributed by atoms with Crippen molar-refractivity contribution in [2.75, 3.05) is 13.1 Å². The summed E-state index contributed by atoms with van der Waals surface area (Å²) in [5.74, 6) is -2.55. The molecule has 5 N–H and O–H groups in total. The van der Waals surface area contributed by atoms with E-state index >= 15 is 0 Å². The number of carboxylic acid groups (broad SMARTS) is 1. The van der Waals surface area contributed by atoms with Crippen LogP contribution in [0.2, 0.25) is 0 Å². The second-order valence-electron chi connectivity index (χ2n) is 6.74. The van der Waals surface area contributed by atoms with Gasteiger partial charge in [0, 0.05) is 6.42 Å². The molecule has 1 aromatic rings. The van der Waals surface area contributed by atoms with Crippen LogP contribution >= 0.6 is 0 Å². The zero-order valence-electron chi connectivity index (χ0n) is 15.7. The second kappa shape index (κ2) is 10.4. The first-order valence-electron chi connectivity index (χ1n) is 9.24. The van der Waals surface area contributed by atoms with E-state index in [4.69, 9.17) is 5.11 Å². The van der Waals surface area contributed by atoms with E-state index in [0.29, 0.717) is 6.42 Å². The van der Waals surface area contributed by atoms with Crippen LogP contribution in [-0.4, -0.2) is 60.0 Å². The van der Waals surface area contributed by atoms with Gasteiger partial charge in [-0.2, -0.15) is 0 Å². The molecule has 0 aromatic heterocycles. The fourth-order valence-corrected chi connectivity index (χ4v) is 2.94. The van der Waals surface area contributed by atoms with Crippen LogP contribution in [0.4, 0.5) is 0 Å². The summed E-state index contributed by atoms with van der Waals surface area (Å²) in [6.07, 6.45) is 1.88. The van der Waals surface area contributed by atoms with Gasteiger partial charge in [-0.25, -0.2) is 0 Å². The summed E-state index contributed by atoms with van der Waals surface area (Å²) >= 11 is 0. The summed E-state index contributed by atoms with van der Waals surface area (Å²) in [4.78, 5) is 47.6. The zero-order chi connectivity index (χ0) is 20.5. The van der Waals surface area contributed by atoms with E-state index in [0.717, 1.165) is 18.5 Å². The highest BCUT2D eigenvalue weighted by molar-refractivity contribution is 5.93. The summed E-state index contributed by atoms with van der Waals surface area (Å²) < 4.78 is 0. The Labute approximate surface area is 163 Å². The average Bonchev–Trinajstić information content (AvgIpc) is 3.21. The zero-order valence-corrected chi connectivity index (χ0v) is 15.7. The largest absolute Gasteiger partial charge is 0.480 e. The minimum Gasteiger partial charge on any atom is -0.480 e. The lowest BCUT2D eigenvalue weighted by atomic mass is 10.0. The Kier molecular flexibility index (Phi) is 7.94. The predicted octanol–water partition coefficient (Wildman–Crippen LogP) is -0.829. The van der Waals surface area contributed by atoms with Gasteiger partial charge < -0.3 is 26.4 Å². The van der Waals surface area contributed by atoms with Crippen LogP contribution in [0.5, 0.6) is 0 Å². The number of nitrogens with one attached hydrogen (secondary N) is 4. The molecule has 0 spiro atoms. The molecule has 0 bridgehead atoms. The average molecular weight is 390 g/mol. The lowest BCUT2D eigenvalue weighted by Crippen LogP contribution is -2.55. The van der Waals surface area contributed by atoms with Crippen molar-refractivity contribution in [2.45, 2.75) is 44.3 Å². The molecule has 9 nitrogen and oxygen atoms in total. The molecule has 0 aliphatic carbocycles. The number of aliphatic carboxylic acids is 1. The van der Waals surface area contributed by atoms with Crippen LogP contribution in [0.1, 0.15) is 25.3 Å². The Morgan fingerprint density at radius 3 is 2.46 bits per heavy atom. The lowest BCUT2D eigenvalue weighted by molar-refractivity contribution is -0.138. The highest BCUT2D eigenvalue weighted by Gasteiger charge is 2.29. The van der Waals surface area contributed by atoms with Crippen LogP contribution in [0, 0.1) is 0 Å². The number of benzene rings is 1. The topological polar surface area (TPSA) is 137 Å². The molecule has 1 fully saturated rings.